The first-order chi connectivity index (χ1) is 6.83. The second kappa shape index (κ2) is 4.84. The Morgan fingerprint density at radius 3 is 2.87 bits per heavy atom. The van der Waals surface area contributed by atoms with Gasteiger partial charge in [0.05, 0.1) is 6.61 Å². The van der Waals surface area contributed by atoms with Crippen LogP contribution >= 0.6 is 12.4 Å². The summed E-state index contributed by atoms with van der Waals surface area (Å²) in [6.07, 6.45) is 1.81. The molecule has 3 nitrogen and oxygen atoms in total. The number of aromatic nitrogens is 1. The van der Waals surface area contributed by atoms with E-state index in [-0.39, 0.29) is 18.4 Å². The molecule has 15 heavy (non-hydrogen) atoms. The topological polar surface area (TPSA) is 42.1 Å². The Morgan fingerprint density at radius 1 is 1.40 bits per heavy atom. The number of ether oxygens (including phenoxy) is 1. The van der Waals surface area contributed by atoms with Crippen molar-refractivity contribution in [2.24, 2.45) is 0 Å². The van der Waals surface area contributed by atoms with Gasteiger partial charge in [0, 0.05) is 17.0 Å². The van der Waals surface area contributed by atoms with Gasteiger partial charge in [-0.2, -0.15) is 0 Å². The number of rotatable bonds is 2. The number of hydrogen-bond acceptors (Lipinski definition) is 2. The van der Waals surface area contributed by atoms with E-state index in [9.17, 15) is 4.79 Å². The van der Waals surface area contributed by atoms with E-state index in [0.717, 1.165) is 10.8 Å². The fourth-order valence-corrected chi connectivity index (χ4v) is 1.45. The second-order valence-electron chi connectivity index (χ2n) is 2.97. The lowest BCUT2D eigenvalue weighted by Crippen LogP contribution is -2.04. The van der Waals surface area contributed by atoms with Gasteiger partial charge in [-0.15, -0.1) is 12.4 Å². The molecule has 0 spiro atoms. The summed E-state index contributed by atoms with van der Waals surface area (Å²) in [5.41, 5.74) is 0.530. The van der Waals surface area contributed by atoms with E-state index >= 15 is 0 Å². The molecule has 0 bridgehead atoms. The molecule has 0 aliphatic carbocycles. The van der Waals surface area contributed by atoms with E-state index in [0.29, 0.717) is 12.3 Å². The molecule has 0 saturated carbocycles. The average molecular weight is 226 g/mol. The highest BCUT2D eigenvalue weighted by atomic mass is 35.5. The number of halogens is 1. The third-order valence-corrected chi connectivity index (χ3v) is 2.08. The third kappa shape index (κ3) is 2.13. The molecule has 0 amide bonds. The molecule has 0 unspecified atom stereocenters. The van der Waals surface area contributed by atoms with Crippen molar-refractivity contribution in [1.29, 1.82) is 0 Å². The van der Waals surface area contributed by atoms with Crippen LogP contribution in [0, 0.1) is 0 Å². The van der Waals surface area contributed by atoms with Crippen LogP contribution in [0.15, 0.2) is 30.5 Å². The second-order valence-corrected chi connectivity index (χ2v) is 2.97. The molecule has 1 heterocycles. The van der Waals surface area contributed by atoms with Crippen LogP contribution in [0.1, 0.15) is 17.4 Å². The van der Waals surface area contributed by atoms with Crippen LogP contribution in [0.4, 0.5) is 0 Å². The van der Waals surface area contributed by atoms with Crippen LogP contribution in [0.2, 0.25) is 0 Å². The molecule has 1 aromatic carbocycles. The largest absolute Gasteiger partial charge is 0.461 e. The summed E-state index contributed by atoms with van der Waals surface area (Å²) in [6, 6.07) is 7.69. The van der Waals surface area contributed by atoms with Crippen molar-refractivity contribution in [3.8, 4) is 0 Å². The first kappa shape index (κ1) is 11.6. The van der Waals surface area contributed by atoms with Crippen molar-refractivity contribution in [1.82, 2.24) is 4.98 Å². The van der Waals surface area contributed by atoms with Crippen molar-refractivity contribution in [2.75, 3.05) is 6.61 Å². The van der Waals surface area contributed by atoms with Crippen LogP contribution in [-0.4, -0.2) is 17.6 Å². The molecule has 0 saturated heterocycles. The molecule has 80 valence electrons. The summed E-state index contributed by atoms with van der Waals surface area (Å²) in [4.78, 5) is 14.4. The smallest absolute Gasteiger partial charge is 0.355 e. The van der Waals surface area contributed by atoms with Gasteiger partial charge in [-0.25, -0.2) is 4.79 Å². The average Bonchev–Trinajstić information content (AvgIpc) is 2.61. The van der Waals surface area contributed by atoms with E-state index in [1.165, 1.54) is 0 Å². The Morgan fingerprint density at radius 2 is 2.13 bits per heavy atom. The molecule has 0 atom stereocenters. The fourth-order valence-electron chi connectivity index (χ4n) is 1.45. The highest BCUT2D eigenvalue weighted by Crippen LogP contribution is 2.18. The van der Waals surface area contributed by atoms with Crippen LogP contribution in [0.3, 0.4) is 0 Å². The molecular weight excluding hydrogens is 214 g/mol. The number of carbonyl (C=O) groups excluding carboxylic acids is 1. The molecule has 0 radical (unpaired) electrons. The van der Waals surface area contributed by atoms with Crippen LogP contribution < -0.4 is 0 Å². The van der Waals surface area contributed by atoms with Crippen LogP contribution in [-0.2, 0) is 4.74 Å². The van der Waals surface area contributed by atoms with Gasteiger partial charge in [-0.1, -0.05) is 24.3 Å². The van der Waals surface area contributed by atoms with Gasteiger partial charge in [0.1, 0.15) is 5.69 Å². The molecule has 0 fully saturated rings. The molecule has 0 aliphatic heterocycles. The van der Waals surface area contributed by atoms with Crippen LogP contribution in [0.5, 0.6) is 0 Å². The minimum absolute atomic E-state index is 0. The standard InChI is InChI=1S/C11H11NO2.ClH/c1-2-14-11(13)10-9-6-4-3-5-8(9)7-12-10;/h3-7,12H,2H2,1H3;1H. The lowest BCUT2D eigenvalue weighted by Gasteiger charge is -1.99. The van der Waals surface area contributed by atoms with Crippen molar-refractivity contribution in [3.05, 3.63) is 36.2 Å². The number of aromatic amines is 1. The van der Waals surface area contributed by atoms with Gasteiger partial charge >= 0.3 is 5.97 Å². The quantitative estimate of drug-likeness (QED) is 0.799. The summed E-state index contributed by atoms with van der Waals surface area (Å²) in [7, 11) is 0. The highest BCUT2D eigenvalue weighted by molar-refractivity contribution is 6.03. The van der Waals surface area contributed by atoms with Crippen molar-refractivity contribution < 1.29 is 9.53 Å². The maximum atomic E-state index is 11.5. The first-order valence-electron chi connectivity index (χ1n) is 4.56. The van der Waals surface area contributed by atoms with E-state index < -0.39 is 0 Å². The molecular formula is C11H12ClNO2. The van der Waals surface area contributed by atoms with Gasteiger partial charge in [0.25, 0.3) is 0 Å². The molecule has 1 N–H and O–H groups in total. The minimum Gasteiger partial charge on any atom is -0.461 e. The van der Waals surface area contributed by atoms with Crippen molar-refractivity contribution in [2.45, 2.75) is 6.92 Å². The van der Waals surface area contributed by atoms with Gasteiger partial charge in [0.15, 0.2) is 0 Å². The number of benzene rings is 1. The predicted octanol–water partition coefficient (Wildman–Crippen LogP) is 2.77. The van der Waals surface area contributed by atoms with Gasteiger partial charge in [-0.3, -0.25) is 0 Å². The number of carbonyl (C=O) groups is 1. The zero-order chi connectivity index (χ0) is 9.97. The predicted molar refractivity (Wildman–Crippen MR) is 61.5 cm³/mol. The van der Waals surface area contributed by atoms with E-state index in [1.54, 1.807) is 6.92 Å². The van der Waals surface area contributed by atoms with Gasteiger partial charge in [0.2, 0.25) is 0 Å². The van der Waals surface area contributed by atoms with Gasteiger partial charge in [-0.05, 0) is 6.92 Å². The lowest BCUT2D eigenvalue weighted by atomic mass is 10.2. The summed E-state index contributed by atoms with van der Waals surface area (Å²) < 4.78 is 4.92. The van der Waals surface area contributed by atoms with E-state index in [1.807, 2.05) is 30.5 Å². The molecule has 0 aliphatic rings. The molecule has 2 rings (SSSR count). The number of hydrogen-bond donors (Lipinski definition) is 1. The fraction of sp³-hybridized carbons (Fsp3) is 0.182. The zero-order valence-corrected chi connectivity index (χ0v) is 9.14. The molecule has 4 heteroatoms. The minimum atomic E-state index is -0.297. The Labute approximate surface area is 93.8 Å². The highest BCUT2D eigenvalue weighted by Gasteiger charge is 2.11. The van der Waals surface area contributed by atoms with Crippen molar-refractivity contribution >= 4 is 29.1 Å². The van der Waals surface area contributed by atoms with E-state index in [2.05, 4.69) is 4.98 Å². The first-order valence-corrected chi connectivity index (χ1v) is 4.56. The Bertz CT molecular complexity index is 464. The molecule has 2 aromatic rings. The zero-order valence-electron chi connectivity index (χ0n) is 8.32. The third-order valence-electron chi connectivity index (χ3n) is 2.08. The Kier molecular flexibility index (Phi) is 3.74. The van der Waals surface area contributed by atoms with Crippen molar-refractivity contribution in [3.63, 3.8) is 0 Å². The Balaban J connectivity index is 0.00000112. The summed E-state index contributed by atoms with van der Waals surface area (Å²) in [5.74, 6) is -0.297. The summed E-state index contributed by atoms with van der Waals surface area (Å²) >= 11 is 0. The molecule has 1 aromatic heterocycles. The maximum absolute atomic E-state index is 11.5. The van der Waals surface area contributed by atoms with E-state index in [4.69, 9.17) is 4.74 Å². The maximum Gasteiger partial charge on any atom is 0.355 e. The normalized spacial score (nSPS) is 9.67. The summed E-state index contributed by atoms with van der Waals surface area (Å²) in [5, 5.41) is 1.93. The summed E-state index contributed by atoms with van der Waals surface area (Å²) in [6.45, 7) is 2.19. The Hall–Kier alpha value is -1.48. The monoisotopic (exact) mass is 225 g/mol. The lowest BCUT2D eigenvalue weighted by molar-refractivity contribution is 0.0522. The number of esters is 1. The number of nitrogens with one attached hydrogen (secondary N) is 1. The number of H-pyrrole nitrogens is 1. The van der Waals surface area contributed by atoms with Gasteiger partial charge < -0.3 is 9.72 Å². The number of fused-ring (bicyclic) bond motifs is 1. The van der Waals surface area contributed by atoms with Crippen LogP contribution in [0.25, 0.3) is 10.8 Å². The SMILES string of the molecule is CCOC(=O)c1[nH]cc2ccccc12.Cl.